The molecule has 0 radical (unpaired) electrons. The molecule has 0 unspecified atom stereocenters. The van der Waals surface area contributed by atoms with Crippen LogP contribution in [0.1, 0.15) is 0 Å². The summed E-state index contributed by atoms with van der Waals surface area (Å²) >= 11 is 1.79. The first kappa shape index (κ1) is 30.7. The van der Waals surface area contributed by atoms with Gasteiger partial charge in [-0.15, -0.1) is 11.3 Å². The van der Waals surface area contributed by atoms with Crippen LogP contribution in [-0.4, -0.2) is 19.5 Å². The highest BCUT2D eigenvalue weighted by molar-refractivity contribution is 7.26. The smallest absolute Gasteiger partial charge is 0.166 e. The molecule has 252 valence electrons. The number of aromatic nitrogens is 4. The van der Waals surface area contributed by atoms with Gasteiger partial charge in [-0.2, -0.15) is 0 Å². The molecule has 0 N–H and O–H groups in total. The molecular formula is C49H30N4S. The van der Waals surface area contributed by atoms with E-state index in [4.69, 9.17) is 15.0 Å². The van der Waals surface area contributed by atoms with Gasteiger partial charge in [0.2, 0.25) is 0 Å². The maximum atomic E-state index is 5.39. The van der Waals surface area contributed by atoms with E-state index in [2.05, 4.69) is 187 Å². The topological polar surface area (TPSA) is 43.6 Å². The van der Waals surface area contributed by atoms with Crippen LogP contribution in [0.4, 0.5) is 0 Å². The van der Waals surface area contributed by atoms with E-state index in [0.717, 1.165) is 44.5 Å². The predicted octanol–water partition coefficient (Wildman–Crippen LogP) is 13.2. The van der Waals surface area contributed by atoms with Crippen LogP contribution in [0.3, 0.4) is 0 Å². The van der Waals surface area contributed by atoms with Gasteiger partial charge in [-0.25, -0.2) is 15.0 Å². The average Bonchev–Trinajstić information content (AvgIpc) is 3.79. The Morgan fingerprint density at radius 2 is 0.815 bits per heavy atom. The molecule has 5 heteroatoms. The number of rotatable bonds is 5. The van der Waals surface area contributed by atoms with Crippen LogP contribution in [0, 0.1) is 0 Å². The third-order valence-electron chi connectivity index (χ3n) is 10.5. The van der Waals surface area contributed by atoms with Crippen molar-refractivity contribution < 1.29 is 0 Å². The lowest BCUT2D eigenvalue weighted by molar-refractivity contribution is 1.07. The maximum Gasteiger partial charge on any atom is 0.166 e. The summed E-state index contributed by atoms with van der Waals surface area (Å²) in [6.45, 7) is 0. The van der Waals surface area contributed by atoms with Gasteiger partial charge >= 0.3 is 0 Å². The van der Waals surface area contributed by atoms with E-state index in [0.29, 0.717) is 17.5 Å². The minimum atomic E-state index is 0.623. The second-order valence-electron chi connectivity index (χ2n) is 13.5. The molecule has 0 spiro atoms. The molecule has 0 aliphatic rings. The standard InChI is InChI=1S/C49H30N4S/c1-2-17-32-31(15-1)16-13-24-33(32)34-18-3-4-22-39(34)47-50-48(52-49(51-47)41-26-14-25-38-37-21-8-12-30-45(37)54-46(38)41)40-23-7-11-29-44(40)53-42-27-9-5-19-35(42)36-20-6-10-28-43(36)53/h1-30H. The lowest BCUT2D eigenvalue weighted by atomic mass is 9.94. The summed E-state index contributed by atoms with van der Waals surface area (Å²) in [5, 5.41) is 7.25. The summed E-state index contributed by atoms with van der Waals surface area (Å²) in [6.07, 6.45) is 0. The van der Waals surface area contributed by atoms with Crippen molar-refractivity contribution in [2.75, 3.05) is 0 Å². The van der Waals surface area contributed by atoms with Crippen LogP contribution in [0.25, 0.3) is 104 Å². The average molecular weight is 707 g/mol. The van der Waals surface area contributed by atoms with E-state index in [-0.39, 0.29) is 0 Å². The van der Waals surface area contributed by atoms with E-state index in [1.165, 1.54) is 41.7 Å². The van der Waals surface area contributed by atoms with Crippen molar-refractivity contribution in [3.63, 3.8) is 0 Å². The van der Waals surface area contributed by atoms with Crippen LogP contribution in [0.2, 0.25) is 0 Å². The summed E-state index contributed by atoms with van der Waals surface area (Å²) in [7, 11) is 0. The Labute approximate surface area is 315 Å². The zero-order valence-corrected chi connectivity index (χ0v) is 29.8. The first-order valence-electron chi connectivity index (χ1n) is 18.1. The fourth-order valence-electron chi connectivity index (χ4n) is 8.07. The number of hydrogen-bond donors (Lipinski definition) is 0. The van der Waals surface area contributed by atoms with E-state index >= 15 is 0 Å². The molecule has 0 bridgehead atoms. The quantitative estimate of drug-likeness (QED) is 0.179. The molecule has 0 atom stereocenters. The largest absolute Gasteiger partial charge is 0.309 e. The van der Waals surface area contributed by atoms with Crippen LogP contribution in [0.5, 0.6) is 0 Å². The normalized spacial score (nSPS) is 11.7. The lowest BCUT2D eigenvalue weighted by Gasteiger charge is -2.16. The zero-order chi connectivity index (χ0) is 35.6. The summed E-state index contributed by atoms with van der Waals surface area (Å²) in [4.78, 5) is 16.1. The number of thiophene rings is 1. The Morgan fingerprint density at radius 1 is 0.333 bits per heavy atom. The number of fused-ring (bicyclic) bond motifs is 7. The highest BCUT2D eigenvalue weighted by Crippen LogP contribution is 2.42. The molecule has 4 nitrogen and oxygen atoms in total. The summed E-state index contributed by atoms with van der Waals surface area (Å²) in [6, 6.07) is 64.3. The van der Waals surface area contributed by atoms with Crippen LogP contribution in [0.15, 0.2) is 182 Å². The molecular weight excluding hydrogens is 677 g/mol. The van der Waals surface area contributed by atoms with Gasteiger partial charge < -0.3 is 4.57 Å². The van der Waals surface area contributed by atoms with Crippen molar-refractivity contribution in [1.82, 2.24) is 19.5 Å². The van der Waals surface area contributed by atoms with Gasteiger partial charge in [-0.05, 0) is 58.3 Å². The highest BCUT2D eigenvalue weighted by Gasteiger charge is 2.22. The van der Waals surface area contributed by atoms with E-state index in [1.807, 2.05) is 0 Å². The fourth-order valence-corrected chi connectivity index (χ4v) is 9.29. The van der Waals surface area contributed by atoms with Crippen molar-refractivity contribution >= 4 is 64.1 Å². The molecule has 11 rings (SSSR count). The van der Waals surface area contributed by atoms with E-state index < -0.39 is 0 Å². The van der Waals surface area contributed by atoms with Crippen LogP contribution in [-0.2, 0) is 0 Å². The number of hydrogen-bond acceptors (Lipinski definition) is 4. The number of para-hydroxylation sites is 3. The summed E-state index contributed by atoms with van der Waals surface area (Å²) < 4.78 is 4.76. The SMILES string of the molecule is c1ccc(-c2cccc3ccccc23)c(-c2nc(-c3ccccc3-n3c4ccccc4c4ccccc43)nc(-c3cccc4c3sc3ccccc34)n2)c1. The van der Waals surface area contributed by atoms with Gasteiger partial charge in [0.05, 0.1) is 16.7 Å². The van der Waals surface area contributed by atoms with E-state index in [9.17, 15) is 0 Å². The molecule has 0 saturated heterocycles. The van der Waals surface area contributed by atoms with Gasteiger partial charge in [0.1, 0.15) is 0 Å². The van der Waals surface area contributed by atoms with E-state index in [1.54, 1.807) is 11.3 Å². The third-order valence-corrected chi connectivity index (χ3v) is 11.7. The highest BCUT2D eigenvalue weighted by atomic mass is 32.1. The lowest BCUT2D eigenvalue weighted by Crippen LogP contribution is -2.04. The first-order valence-corrected chi connectivity index (χ1v) is 18.9. The van der Waals surface area contributed by atoms with Gasteiger partial charge in [0, 0.05) is 47.6 Å². The fraction of sp³-hybridized carbons (Fsp3) is 0. The second-order valence-corrected chi connectivity index (χ2v) is 14.6. The molecule has 54 heavy (non-hydrogen) atoms. The Morgan fingerprint density at radius 3 is 1.59 bits per heavy atom. The third kappa shape index (κ3) is 4.79. The summed E-state index contributed by atoms with van der Waals surface area (Å²) in [5.74, 6) is 1.91. The molecule has 0 aliphatic heterocycles. The Hall–Kier alpha value is -6.95. The van der Waals surface area contributed by atoms with Crippen molar-refractivity contribution in [1.29, 1.82) is 0 Å². The van der Waals surface area contributed by atoms with Crippen molar-refractivity contribution in [2.24, 2.45) is 0 Å². The molecule has 3 heterocycles. The monoisotopic (exact) mass is 706 g/mol. The molecule has 8 aromatic carbocycles. The minimum absolute atomic E-state index is 0.623. The van der Waals surface area contributed by atoms with Gasteiger partial charge in [0.25, 0.3) is 0 Å². The number of benzene rings is 8. The van der Waals surface area contributed by atoms with Crippen LogP contribution >= 0.6 is 11.3 Å². The molecule has 0 amide bonds. The van der Waals surface area contributed by atoms with Gasteiger partial charge in [-0.1, -0.05) is 146 Å². The molecule has 0 fully saturated rings. The predicted molar refractivity (Wildman–Crippen MR) is 226 cm³/mol. The maximum absolute atomic E-state index is 5.39. The Balaban J connectivity index is 1.21. The van der Waals surface area contributed by atoms with Crippen molar-refractivity contribution in [3.8, 4) is 51.0 Å². The van der Waals surface area contributed by atoms with Gasteiger partial charge in [0.15, 0.2) is 17.5 Å². The molecule has 11 aromatic rings. The molecule has 0 saturated carbocycles. The van der Waals surface area contributed by atoms with Gasteiger partial charge in [-0.3, -0.25) is 0 Å². The molecule has 0 aliphatic carbocycles. The second kappa shape index (κ2) is 12.3. The number of nitrogens with zero attached hydrogens (tertiary/aromatic N) is 4. The summed E-state index contributed by atoms with van der Waals surface area (Å²) in [5.41, 5.74) is 8.39. The zero-order valence-electron chi connectivity index (χ0n) is 29.0. The molecule has 3 aromatic heterocycles. The Bertz CT molecular complexity index is 3190. The van der Waals surface area contributed by atoms with Crippen molar-refractivity contribution in [2.45, 2.75) is 0 Å². The van der Waals surface area contributed by atoms with Crippen LogP contribution < -0.4 is 0 Å². The first-order chi connectivity index (χ1) is 26.8. The van der Waals surface area contributed by atoms with Crippen molar-refractivity contribution in [3.05, 3.63) is 182 Å². The Kier molecular flexibility index (Phi) is 7.00. The minimum Gasteiger partial charge on any atom is -0.309 e.